The van der Waals surface area contributed by atoms with Gasteiger partial charge in [0.15, 0.2) is 12.4 Å². The topological polar surface area (TPSA) is 102 Å². The molecule has 3 N–H and O–H groups in total. The number of nitrogens with one attached hydrogen (secondary N) is 1. The highest BCUT2D eigenvalue weighted by molar-refractivity contribution is 5.95. The predicted molar refractivity (Wildman–Crippen MR) is 93.4 cm³/mol. The summed E-state index contributed by atoms with van der Waals surface area (Å²) in [6.45, 7) is 3.49. The molecule has 1 aromatic carbocycles. The van der Waals surface area contributed by atoms with E-state index in [1.54, 1.807) is 24.3 Å². The first-order valence-electron chi connectivity index (χ1n) is 8.54. The van der Waals surface area contributed by atoms with E-state index in [4.69, 9.17) is 10.5 Å². The normalized spacial score (nSPS) is 15.6. The summed E-state index contributed by atoms with van der Waals surface area (Å²) < 4.78 is 5.46. The summed E-state index contributed by atoms with van der Waals surface area (Å²) >= 11 is 0. The van der Waals surface area contributed by atoms with Crippen molar-refractivity contribution in [3.05, 3.63) is 29.8 Å². The lowest BCUT2D eigenvalue weighted by atomic mass is 10.1. The van der Waals surface area contributed by atoms with E-state index in [0.717, 1.165) is 25.9 Å². The zero-order valence-corrected chi connectivity index (χ0v) is 14.5. The molecule has 1 aromatic rings. The largest absolute Gasteiger partial charge is 0.484 e. The minimum Gasteiger partial charge on any atom is -0.484 e. The molecular formula is C18H25N3O4. The number of likely N-dealkylation sites (tertiary alicyclic amines) is 1. The first-order chi connectivity index (χ1) is 12.0. The van der Waals surface area contributed by atoms with E-state index >= 15 is 0 Å². The maximum atomic E-state index is 12.0. The molecule has 1 heterocycles. The smallest absolute Gasteiger partial charge is 0.258 e. The summed E-state index contributed by atoms with van der Waals surface area (Å²) in [4.78, 5) is 36.4. The van der Waals surface area contributed by atoms with Gasteiger partial charge in [0.25, 0.3) is 5.91 Å². The average molecular weight is 347 g/mol. The predicted octanol–water partition coefficient (Wildman–Crippen LogP) is 0.724. The Morgan fingerprint density at radius 1 is 1.20 bits per heavy atom. The molecule has 0 aliphatic carbocycles. The van der Waals surface area contributed by atoms with Crippen LogP contribution in [0.3, 0.4) is 0 Å². The van der Waals surface area contributed by atoms with E-state index in [9.17, 15) is 14.4 Å². The van der Waals surface area contributed by atoms with E-state index in [2.05, 4.69) is 5.32 Å². The second kappa shape index (κ2) is 9.17. The van der Waals surface area contributed by atoms with E-state index < -0.39 is 0 Å². The molecule has 0 bridgehead atoms. The van der Waals surface area contributed by atoms with Crippen molar-refractivity contribution in [2.45, 2.75) is 32.2 Å². The zero-order chi connectivity index (χ0) is 18.2. The van der Waals surface area contributed by atoms with Gasteiger partial charge in [-0.2, -0.15) is 0 Å². The summed E-state index contributed by atoms with van der Waals surface area (Å²) in [6.07, 6.45) is 2.03. The van der Waals surface area contributed by atoms with E-state index in [0.29, 0.717) is 17.7 Å². The molecule has 0 spiro atoms. The third-order valence-electron chi connectivity index (χ3n) is 4.20. The van der Waals surface area contributed by atoms with Crippen molar-refractivity contribution < 1.29 is 19.1 Å². The van der Waals surface area contributed by atoms with Crippen LogP contribution >= 0.6 is 0 Å². The van der Waals surface area contributed by atoms with Gasteiger partial charge in [-0.25, -0.2) is 0 Å². The Kier molecular flexibility index (Phi) is 6.94. The van der Waals surface area contributed by atoms with E-state index in [1.165, 1.54) is 0 Å². The van der Waals surface area contributed by atoms with Crippen LogP contribution in [0.4, 0.5) is 0 Å². The van der Waals surface area contributed by atoms with Crippen molar-refractivity contribution in [1.29, 1.82) is 0 Å². The molecule has 2 rings (SSSR count). The third kappa shape index (κ3) is 6.19. The SMILES string of the molecule is CCC(=O)c1ccc(OCC(=O)NC2CCN(CC(N)=O)CC2)cc1. The zero-order valence-electron chi connectivity index (χ0n) is 14.5. The quantitative estimate of drug-likeness (QED) is 0.675. The standard InChI is InChI=1S/C18H25N3O4/c1-2-16(22)13-3-5-15(6-4-13)25-12-18(24)20-14-7-9-21(10-8-14)11-17(19)23/h3-6,14H,2,7-12H2,1H3,(H2,19,23)(H,20,24). The number of piperidine rings is 1. The summed E-state index contributed by atoms with van der Waals surface area (Å²) in [5.74, 6) is 0.121. The molecule has 0 unspecified atom stereocenters. The molecule has 25 heavy (non-hydrogen) atoms. The number of benzene rings is 1. The fourth-order valence-electron chi connectivity index (χ4n) is 2.82. The van der Waals surface area contributed by atoms with Crippen LogP contribution < -0.4 is 15.8 Å². The molecule has 7 nitrogen and oxygen atoms in total. The molecule has 1 aliphatic rings. The highest BCUT2D eigenvalue weighted by Gasteiger charge is 2.21. The number of hydrogen-bond donors (Lipinski definition) is 2. The summed E-state index contributed by atoms with van der Waals surface area (Å²) in [7, 11) is 0. The Labute approximate surface area is 147 Å². The van der Waals surface area contributed by atoms with Gasteiger partial charge in [0, 0.05) is 31.1 Å². The van der Waals surface area contributed by atoms with Crippen LogP contribution in [-0.2, 0) is 9.59 Å². The first kappa shape index (κ1) is 18.9. The highest BCUT2D eigenvalue weighted by atomic mass is 16.5. The van der Waals surface area contributed by atoms with Crippen molar-refractivity contribution in [2.24, 2.45) is 5.73 Å². The molecule has 0 radical (unpaired) electrons. The van der Waals surface area contributed by atoms with Crippen LogP contribution in [-0.4, -0.2) is 54.8 Å². The van der Waals surface area contributed by atoms with Crippen LogP contribution in [0.1, 0.15) is 36.5 Å². The Morgan fingerprint density at radius 2 is 1.84 bits per heavy atom. The minimum absolute atomic E-state index is 0.0669. The fraction of sp³-hybridized carbons (Fsp3) is 0.500. The number of nitrogens with two attached hydrogens (primary N) is 1. The third-order valence-corrected chi connectivity index (χ3v) is 4.20. The number of ether oxygens (including phenoxy) is 1. The van der Waals surface area contributed by atoms with Crippen molar-refractivity contribution in [3.63, 3.8) is 0 Å². The number of primary amides is 1. The minimum atomic E-state index is -0.331. The number of amides is 2. The van der Waals surface area contributed by atoms with Crippen molar-refractivity contribution in [3.8, 4) is 5.75 Å². The molecule has 0 aromatic heterocycles. The number of ketones is 1. The molecular weight excluding hydrogens is 322 g/mol. The van der Waals surface area contributed by atoms with Gasteiger partial charge in [0.05, 0.1) is 6.54 Å². The first-order valence-corrected chi connectivity index (χ1v) is 8.54. The number of rotatable bonds is 8. The number of nitrogens with zero attached hydrogens (tertiary/aromatic N) is 1. The van der Waals surface area contributed by atoms with Crippen LogP contribution in [0, 0.1) is 0 Å². The van der Waals surface area contributed by atoms with Gasteiger partial charge >= 0.3 is 0 Å². The summed E-state index contributed by atoms with van der Waals surface area (Å²) in [5, 5.41) is 2.94. The monoisotopic (exact) mass is 347 g/mol. The number of Topliss-reactive ketones (excluding diaryl/α,β-unsaturated/α-hetero) is 1. The molecule has 136 valence electrons. The lowest BCUT2D eigenvalue weighted by molar-refractivity contribution is -0.124. The molecule has 0 saturated carbocycles. The lowest BCUT2D eigenvalue weighted by Crippen LogP contribution is -2.47. The van der Waals surface area contributed by atoms with Crippen molar-refractivity contribution in [1.82, 2.24) is 10.2 Å². The average Bonchev–Trinajstić information content (AvgIpc) is 2.61. The summed E-state index contributed by atoms with van der Waals surface area (Å²) in [6, 6.07) is 6.88. The molecule has 7 heteroatoms. The van der Waals surface area contributed by atoms with Gasteiger partial charge in [-0.1, -0.05) is 6.92 Å². The van der Waals surface area contributed by atoms with Crippen LogP contribution in [0.2, 0.25) is 0 Å². The van der Waals surface area contributed by atoms with Gasteiger partial charge in [-0.3, -0.25) is 19.3 Å². The Hall–Kier alpha value is -2.41. The van der Waals surface area contributed by atoms with Gasteiger partial charge in [0.1, 0.15) is 5.75 Å². The Morgan fingerprint density at radius 3 is 2.40 bits per heavy atom. The Bertz CT molecular complexity index is 607. The van der Waals surface area contributed by atoms with Crippen LogP contribution in [0.15, 0.2) is 24.3 Å². The van der Waals surface area contributed by atoms with Crippen LogP contribution in [0.5, 0.6) is 5.75 Å². The number of carbonyl (C=O) groups excluding carboxylic acids is 3. The molecule has 2 amide bonds. The second-order valence-corrected chi connectivity index (χ2v) is 6.17. The number of hydrogen-bond acceptors (Lipinski definition) is 5. The molecule has 1 fully saturated rings. The maximum Gasteiger partial charge on any atom is 0.258 e. The summed E-state index contributed by atoms with van der Waals surface area (Å²) in [5.41, 5.74) is 5.82. The van der Waals surface area contributed by atoms with Gasteiger partial charge in [-0.15, -0.1) is 0 Å². The molecule has 0 atom stereocenters. The van der Waals surface area contributed by atoms with Crippen molar-refractivity contribution >= 4 is 17.6 Å². The number of carbonyl (C=O) groups is 3. The van der Waals surface area contributed by atoms with Gasteiger partial charge in [-0.05, 0) is 37.1 Å². The fourth-order valence-corrected chi connectivity index (χ4v) is 2.82. The molecule has 1 saturated heterocycles. The van der Waals surface area contributed by atoms with Crippen molar-refractivity contribution in [2.75, 3.05) is 26.2 Å². The van der Waals surface area contributed by atoms with Gasteiger partial charge < -0.3 is 15.8 Å². The van der Waals surface area contributed by atoms with Crippen LogP contribution in [0.25, 0.3) is 0 Å². The van der Waals surface area contributed by atoms with E-state index in [1.807, 2.05) is 11.8 Å². The lowest BCUT2D eigenvalue weighted by Gasteiger charge is -2.31. The molecule has 1 aliphatic heterocycles. The van der Waals surface area contributed by atoms with Gasteiger partial charge in [0.2, 0.25) is 5.91 Å². The highest BCUT2D eigenvalue weighted by Crippen LogP contribution is 2.14. The maximum absolute atomic E-state index is 12.0. The second-order valence-electron chi connectivity index (χ2n) is 6.17. The Balaban J connectivity index is 1.71. The van der Waals surface area contributed by atoms with E-state index in [-0.39, 0.29) is 36.8 Å².